The van der Waals surface area contributed by atoms with Gasteiger partial charge in [0.05, 0.1) is 0 Å². The van der Waals surface area contributed by atoms with Crippen LogP contribution in [0, 0.1) is 0 Å². The summed E-state index contributed by atoms with van der Waals surface area (Å²) in [7, 11) is 0. The Kier molecular flexibility index (Phi) is 16.1. The Labute approximate surface area is 73.1 Å². The van der Waals surface area contributed by atoms with Gasteiger partial charge in [-0.15, -0.1) is 6.58 Å². The maximum Gasteiger partial charge on any atom is 1.00 e. The van der Waals surface area contributed by atoms with Crippen molar-refractivity contribution >= 4 is 24.4 Å². The molecular formula is C5H9LiS2. The SMILES string of the molecule is C=CCSCC[S-].[Li+]. The van der Waals surface area contributed by atoms with Crippen LogP contribution in [0.5, 0.6) is 0 Å². The minimum Gasteiger partial charge on any atom is -0.792 e. The van der Waals surface area contributed by atoms with Gasteiger partial charge in [0, 0.05) is 5.75 Å². The molecule has 0 fully saturated rings. The largest absolute Gasteiger partial charge is 1.00 e. The van der Waals surface area contributed by atoms with Crippen molar-refractivity contribution in [1.29, 1.82) is 0 Å². The van der Waals surface area contributed by atoms with Crippen molar-refractivity contribution in [2.75, 3.05) is 17.3 Å². The summed E-state index contributed by atoms with van der Waals surface area (Å²) in [4.78, 5) is 0. The average Bonchev–Trinajstić information content (AvgIpc) is 1.69. The van der Waals surface area contributed by atoms with Crippen LogP contribution in [0.3, 0.4) is 0 Å². The number of hydrogen-bond acceptors (Lipinski definition) is 2. The van der Waals surface area contributed by atoms with Crippen LogP contribution in [0.1, 0.15) is 0 Å². The second-order valence-electron chi connectivity index (χ2n) is 1.07. The van der Waals surface area contributed by atoms with Crippen molar-refractivity contribution in [1.82, 2.24) is 0 Å². The molecule has 0 aliphatic heterocycles. The second-order valence-corrected chi connectivity index (χ2v) is 2.63. The zero-order valence-electron chi connectivity index (χ0n) is 5.22. The molecule has 8 heavy (non-hydrogen) atoms. The van der Waals surface area contributed by atoms with Crippen LogP contribution in [0.25, 0.3) is 0 Å². The van der Waals surface area contributed by atoms with Crippen LogP contribution in [-0.4, -0.2) is 17.3 Å². The summed E-state index contributed by atoms with van der Waals surface area (Å²) >= 11 is 6.54. The van der Waals surface area contributed by atoms with E-state index in [1.165, 1.54) is 0 Å². The van der Waals surface area contributed by atoms with E-state index in [1.807, 2.05) is 17.8 Å². The van der Waals surface area contributed by atoms with Gasteiger partial charge in [0.15, 0.2) is 0 Å². The van der Waals surface area contributed by atoms with Crippen LogP contribution < -0.4 is 18.9 Å². The van der Waals surface area contributed by atoms with Crippen molar-refractivity contribution in [3.05, 3.63) is 12.7 Å². The maximum absolute atomic E-state index is 4.71. The molecule has 0 heterocycles. The van der Waals surface area contributed by atoms with Gasteiger partial charge in [0.2, 0.25) is 0 Å². The van der Waals surface area contributed by atoms with Crippen LogP contribution in [-0.2, 0) is 12.6 Å². The molecule has 0 aliphatic rings. The van der Waals surface area contributed by atoms with Gasteiger partial charge in [0.25, 0.3) is 0 Å². The first-order valence-electron chi connectivity index (χ1n) is 2.18. The van der Waals surface area contributed by atoms with Gasteiger partial charge in [-0.05, 0) is 5.75 Å². The molecule has 0 spiro atoms. The molecule has 0 amide bonds. The smallest absolute Gasteiger partial charge is 0.792 e. The fourth-order valence-corrected chi connectivity index (χ4v) is 1.03. The molecule has 42 valence electrons. The second kappa shape index (κ2) is 10.9. The first-order chi connectivity index (χ1) is 3.41. The van der Waals surface area contributed by atoms with Gasteiger partial charge in [-0.3, -0.25) is 0 Å². The van der Waals surface area contributed by atoms with Gasteiger partial charge in [-0.25, -0.2) is 0 Å². The van der Waals surface area contributed by atoms with Crippen LogP contribution >= 0.6 is 11.8 Å². The van der Waals surface area contributed by atoms with E-state index in [9.17, 15) is 0 Å². The predicted molar refractivity (Wildman–Crippen MR) is 39.8 cm³/mol. The molecule has 3 heteroatoms. The standard InChI is InChI=1S/C5H10S2.Li/c1-2-4-7-5-3-6;/h2,6H,1,3-5H2;/q;+1/p-1. The molecule has 0 nitrogen and oxygen atoms in total. The Bertz CT molecular complexity index is 47.7. The predicted octanol–water partition coefficient (Wildman–Crippen LogP) is -1.54. The molecule has 0 aliphatic carbocycles. The zero-order valence-corrected chi connectivity index (χ0v) is 6.86. The zero-order chi connectivity index (χ0) is 5.54. The van der Waals surface area contributed by atoms with Crippen LogP contribution in [0.15, 0.2) is 12.7 Å². The quantitative estimate of drug-likeness (QED) is 0.201. The van der Waals surface area contributed by atoms with Gasteiger partial charge in [-0.2, -0.15) is 17.5 Å². The molecule has 0 aromatic carbocycles. The molecule has 0 rings (SSSR count). The molecule has 0 aromatic heterocycles. The summed E-state index contributed by atoms with van der Waals surface area (Å²) in [5.41, 5.74) is 0. The Morgan fingerprint density at radius 2 is 2.25 bits per heavy atom. The Morgan fingerprint density at radius 3 is 2.62 bits per heavy atom. The molecule has 0 bridgehead atoms. The minimum absolute atomic E-state index is 0. The summed E-state index contributed by atoms with van der Waals surface area (Å²) in [6.45, 7) is 3.58. The van der Waals surface area contributed by atoms with E-state index in [0.717, 1.165) is 17.3 Å². The summed E-state index contributed by atoms with van der Waals surface area (Å²) in [6.07, 6.45) is 1.90. The molecule has 0 saturated carbocycles. The van der Waals surface area contributed by atoms with Crippen LogP contribution in [0.4, 0.5) is 0 Å². The molecule has 0 unspecified atom stereocenters. The first kappa shape index (κ1) is 11.8. The fourth-order valence-electron chi connectivity index (χ4n) is 0.226. The molecule has 0 saturated heterocycles. The summed E-state index contributed by atoms with van der Waals surface area (Å²) in [6, 6.07) is 0. The summed E-state index contributed by atoms with van der Waals surface area (Å²) < 4.78 is 0. The molecular weight excluding hydrogens is 131 g/mol. The Morgan fingerprint density at radius 1 is 1.62 bits per heavy atom. The number of thioether (sulfide) groups is 1. The van der Waals surface area contributed by atoms with Crippen LogP contribution in [0.2, 0.25) is 0 Å². The number of rotatable bonds is 4. The van der Waals surface area contributed by atoms with Crippen molar-refractivity contribution in [2.24, 2.45) is 0 Å². The van der Waals surface area contributed by atoms with E-state index >= 15 is 0 Å². The van der Waals surface area contributed by atoms with Gasteiger partial charge >= 0.3 is 18.9 Å². The first-order valence-corrected chi connectivity index (χ1v) is 3.91. The van der Waals surface area contributed by atoms with E-state index in [0.29, 0.717) is 0 Å². The third-order valence-corrected chi connectivity index (χ3v) is 1.89. The third-order valence-electron chi connectivity index (χ3n) is 0.463. The van der Waals surface area contributed by atoms with E-state index < -0.39 is 0 Å². The van der Waals surface area contributed by atoms with Crippen molar-refractivity contribution in [3.63, 3.8) is 0 Å². The van der Waals surface area contributed by atoms with Gasteiger partial charge in [-0.1, -0.05) is 6.08 Å². The molecule has 0 atom stereocenters. The monoisotopic (exact) mass is 140 g/mol. The van der Waals surface area contributed by atoms with E-state index in [2.05, 4.69) is 6.58 Å². The minimum atomic E-state index is 0. The maximum atomic E-state index is 4.71. The third kappa shape index (κ3) is 10.1. The summed E-state index contributed by atoms with van der Waals surface area (Å²) in [5, 5.41) is 0. The van der Waals surface area contributed by atoms with Gasteiger partial charge in [0.1, 0.15) is 0 Å². The average molecular weight is 140 g/mol. The molecule has 0 N–H and O–H groups in total. The normalized spacial score (nSPS) is 7.62. The fraction of sp³-hybridized carbons (Fsp3) is 0.600. The summed E-state index contributed by atoms with van der Waals surface area (Å²) in [5.74, 6) is 2.98. The molecule has 0 aromatic rings. The van der Waals surface area contributed by atoms with Crippen molar-refractivity contribution in [3.8, 4) is 0 Å². The van der Waals surface area contributed by atoms with Crippen molar-refractivity contribution < 1.29 is 18.9 Å². The Balaban J connectivity index is 0. The van der Waals surface area contributed by atoms with Gasteiger partial charge < -0.3 is 12.6 Å². The molecule has 0 radical (unpaired) electrons. The van der Waals surface area contributed by atoms with E-state index in [1.54, 1.807) is 0 Å². The topological polar surface area (TPSA) is 0 Å². The van der Waals surface area contributed by atoms with E-state index in [-0.39, 0.29) is 18.9 Å². The Hall–Kier alpha value is 1.04. The van der Waals surface area contributed by atoms with E-state index in [4.69, 9.17) is 12.6 Å². The van der Waals surface area contributed by atoms with Crippen molar-refractivity contribution in [2.45, 2.75) is 0 Å². The number of hydrogen-bond donors (Lipinski definition) is 0.